The fourth-order valence-corrected chi connectivity index (χ4v) is 3.46. The van der Waals surface area contributed by atoms with E-state index >= 15 is 0 Å². The van der Waals surface area contributed by atoms with E-state index in [0.717, 1.165) is 0 Å². The molecule has 0 bridgehead atoms. The second-order valence-electron chi connectivity index (χ2n) is 5.44. The highest BCUT2D eigenvalue weighted by Gasteiger charge is 2.34. The van der Waals surface area contributed by atoms with Gasteiger partial charge in [-0.1, -0.05) is 18.2 Å². The molecule has 2 aromatic carbocycles. The lowest BCUT2D eigenvalue weighted by molar-refractivity contribution is -0.385. The van der Waals surface area contributed by atoms with E-state index in [1.165, 1.54) is 28.8 Å². The smallest absolute Gasteiger partial charge is 0.310 e. The Morgan fingerprint density at radius 1 is 1.08 bits per heavy atom. The summed E-state index contributed by atoms with van der Waals surface area (Å²) in [6.45, 7) is 0.275. The summed E-state index contributed by atoms with van der Waals surface area (Å²) in [7, 11) is 0. The van der Waals surface area contributed by atoms with E-state index in [2.05, 4.69) is 0 Å². The lowest BCUT2D eigenvalue weighted by Crippen LogP contribution is -2.31. The molecule has 0 saturated carbocycles. The zero-order chi connectivity index (χ0) is 18.0. The van der Waals surface area contributed by atoms with E-state index in [9.17, 15) is 24.8 Å². The van der Waals surface area contributed by atoms with E-state index in [1.54, 1.807) is 30.3 Å². The van der Waals surface area contributed by atoms with Gasteiger partial charge in [-0.25, -0.2) is 0 Å². The number of benzene rings is 2. The van der Waals surface area contributed by atoms with Crippen LogP contribution in [0.1, 0.15) is 26.3 Å². The first-order valence-corrected chi connectivity index (χ1v) is 8.64. The van der Waals surface area contributed by atoms with E-state index in [1.807, 2.05) is 0 Å². The molecule has 0 radical (unpaired) electrons. The molecule has 128 valence electrons. The zero-order valence-corrected chi connectivity index (χ0v) is 13.9. The summed E-state index contributed by atoms with van der Waals surface area (Å²) >= 11 is 1.45. The van der Waals surface area contributed by atoms with Crippen LogP contribution in [0.25, 0.3) is 0 Å². The van der Waals surface area contributed by atoms with Gasteiger partial charge in [-0.05, 0) is 23.8 Å². The zero-order valence-electron chi connectivity index (χ0n) is 13.0. The fraction of sp³-hybridized carbons (Fsp3) is 0.176. The molecular formula is C17H14N2O5S. The van der Waals surface area contributed by atoms with Crippen LogP contribution in [0.2, 0.25) is 0 Å². The van der Waals surface area contributed by atoms with Crippen molar-refractivity contribution in [3.8, 4) is 5.75 Å². The van der Waals surface area contributed by atoms with Gasteiger partial charge in [-0.15, -0.1) is 0 Å². The average molecular weight is 358 g/mol. The summed E-state index contributed by atoms with van der Waals surface area (Å²) in [5.41, 5.74) is 1.20. The maximum absolute atomic E-state index is 12.2. The molecule has 1 aliphatic rings. The first kappa shape index (κ1) is 17.0. The summed E-state index contributed by atoms with van der Waals surface area (Å²) in [6, 6.07) is 10.9. The number of fused-ring (bicyclic) bond motifs is 1. The van der Waals surface area contributed by atoms with Gasteiger partial charge in [0.15, 0.2) is 5.75 Å². The van der Waals surface area contributed by atoms with Crippen molar-refractivity contribution < 1.29 is 19.6 Å². The maximum Gasteiger partial charge on any atom is 0.310 e. The Kier molecular flexibility index (Phi) is 4.71. The Balaban J connectivity index is 1.56. The van der Waals surface area contributed by atoms with Crippen molar-refractivity contribution in [3.05, 3.63) is 69.3 Å². The molecule has 25 heavy (non-hydrogen) atoms. The minimum absolute atomic E-state index is 0.275. The minimum atomic E-state index is -0.637. The third-order valence-electron chi connectivity index (χ3n) is 3.84. The topological polar surface area (TPSA) is 101 Å². The number of carbonyl (C=O) groups is 2. The Morgan fingerprint density at radius 2 is 1.72 bits per heavy atom. The van der Waals surface area contributed by atoms with E-state index < -0.39 is 4.92 Å². The quantitative estimate of drug-likeness (QED) is 0.369. The van der Waals surface area contributed by atoms with Crippen LogP contribution < -0.4 is 0 Å². The molecule has 1 heterocycles. The van der Waals surface area contributed by atoms with Crippen LogP contribution in [-0.4, -0.2) is 39.0 Å². The van der Waals surface area contributed by atoms with Crippen LogP contribution in [0.4, 0.5) is 5.69 Å². The number of rotatable bonds is 6. The molecule has 0 aliphatic carbocycles. The van der Waals surface area contributed by atoms with Crippen molar-refractivity contribution in [1.82, 2.24) is 4.90 Å². The van der Waals surface area contributed by atoms with Gasteiger partial charge in [-0.3, -0.25) is 24.6 Å². The second kappa shape index (κ2) is 6.94. The molecule has 0 spiro atoms. The molecule has 1 N–H and O–H groups in total. The number of thioether (sulfide) groups is 1. The Bertz CT molecular complexity index is 833. The van der Waals surface area contributed by atoms with Crippen LogP contribution in [0, 0.1) is 10.1 Å². The number of phenols is 1. The summed E-state index contributed by atoms with van der Waals surface area (Å²) in [5, 5.41) is 20.2. The lowest BCUT2D eigenvalue weighted by atomic mass is 10.1. The van der Waals surface area contributed by atoms with Crippen LogP contribution >= 0.6 is 11.8 Å². The molecular weight excluding hydrogens is 344 g/mol. The highest BCUT2D eigenvalue weighted by molar-refractivity contribution is 7.98. The first-order chi connectivity index (χ1) is 12.0. The summed E-state index contributed by atoms with van der Waals surface area (Å²) in [5.74, 6) is 0.0393. The van der Waals surface area contributed by atoms with Crippen LogP contribution in [0.5, 0.6) is 5.75 Å². The van der Waals surface area contributed by atoms with Crippen LogP contribution in [0.15, 0.2) is 42.5 Å². The number of nitro benzene ring substituents is 1. The number of aromatic hydroxyl groups is 1. The Hall–Kier alpha value is -2.87. The fourth-order valence-electron chi connectivity index (χ4n) is 2.59. The molecule has 8 heteroatoms. The van der Waals surface area contributed by atoms with Gasteiger partial charge in [0, 0.05) is 24.1 Å². The van der Waals surface area contributed by atoms with Gasteiger partial charge in [0.05, 0.1) is 16.1 Å². The van der Waals surface area contributed by atoms with Gasteiger partial charge in [-0.2, -0.15) is 11.8 Å². The maximum atomic E-state index is 12.2. The third kappa shape index (κ3) is 3.34. The molecule has 2 amide bonds. The number of hydrogen-bond donors (Lipinski definition) is 1. The monoisotopic (exact) mass is 358 g/mol. The molecule has 7 nitrogen and oxygen atoms in total. The first-order valence-electron chi connectivity index (χ1n) is 7.48. The molecule has 0 aromatic heterocycles. The van der Waals surface area contributed by atoms with Crippen molar-refractivity contribution in [3.63, 3.8) is 0 Å². The standard InChI is InChI=1S/C17H14N2O5S/c20-15-6-5-11(9-14(15)19(23)24)10-25-8-7-18-16(21)12-3-1-2-4-13(12)17(18)22/h1-6,9,20H,7-8,10H2. The highest BCUT2D eigenvalue weighted by Crippen LogP contribution is 2.28. The van der Waals surface area contributed by atoms with Gasteiger partial charge < -0.3 is 5.11 Å². The van der Waals surface area contributed by atoms with E-state index in [-0.39, 0.29) is 29.8 Å². The Labute approximate surface area is 147 Å². The summed E-state index contributed by atoms with van der Waals surface area (Å²) < 4.78 is 0. The predicted molar refractivity (Wildman–Crippen MR) is 92.7 cm³/mol. The van der Waals surface area contributed by atoms with Gasteiger partial charge in [0.1, 0.15) is 0 Å². The van der Waals surface area contributed by atoms with Gasteiger partial charge in [0.2, 0.25) is 0 Å². The van der Waals surface area contributed by atoms with Crippen molar-refractivity contribution in [2.75, 3.05) is 12.3 Å². The summed E-state index contributed by atoms with van der Waals surface area (Å²) in [6.07, 6.45) is 0. The summed E-state index contributed by atoms with van der Waals surface area (Å²) in [4.78, 5) is 35.8. The number of hydrogen-bond acceptors (Lipinski definition) is 6. The van der Waals surface area contributed by atoms with Crippen molar-refractivity contribution in [1.29, 1.82) is 0 Å². The van der Waals surface area contributed by atoms with Crippen molar-refractivity contribution >= 4 is 29.3 Å². The van der Waals surface area contributed by atoms with Gasteiger partial charge in [0.25, 0.3) is 11.8 Å². The molecule has 1 aliphatic heterocycles. The number of nitro groups is 1. The molecule has 2 aromatic rings. The number of nitrogens with zero attached hydrogens (tertiary/aromatic N) is 2. The van der Waals surface area contributed by atoms with E-state index in [0.29, 0.717) is 28.2 Å². The number of amides is 2. The van der Waals surface area contributed by atoms with Crippen molar-refractivity contribution in [2.45, 2.75) is 5.75 Å². The normalized spacial score (nSPS) is 13.2. The highest BCUT2D eigenvalue weighted by atomic mass is 32.2. The second-order valence-corrected chi connectivity index (χ2v) is 6.55. The average Bonchev–Trinajstić information content (AvgIpc) is 2.84. The molecule has 0 saturated heterocycles. The SMILES string of the molecule is O=C1c2ccccc2C(=O)N1CCSCc1ccc(O)c([N+](=O)[O-])c1. The van der Waals surface area contributed by atoms with E-state index in [4.69, 9.17) is 0 Å². The van der Waals surface area contributed by atoms with Crippen LogP contribution in [0.3, 0.4) is 0 Å². The third-order valence-corrected chi connectivity index (χ3v) is 4.85. The predicted octanol–water partition coefficient (Wildman–Crippen LogP) is 2.83. The van der Waals surface area contributed by atoms with Gasteiger partial charge >= 0.3 is 5.69 Å². The van der Waals surface area contributed by atoms with Crippen LogP contribution in [-0.2, 0) is 5.75 Å². The number of phenolic OH excluding ortho intramolecular Hbond substituents is 1. The molecule has 0 unspecified atom stereocenters. The number of imide groups is 1. The largest absolute Gasteiger partial charge is 0.502 e. The number of carbonyl (C=O) groups excluding carboxylic acids is 2. The van der Waals surface area contributed by atoms with Crippen molar-refractivity contribution in [2.24, 2.45) is 0 Å². The lowest BCUT2D eigenvalue weighted by Gasteiger charge is -2.13. The molecule has 3 rings (SSSR count). The molecule has 0 fully saturated rings. The minimum Gasteiger partial charge on any atom is -0.502 e. The Morgan fingerprint density at radius 3 is 2.32 bits per heavy atom. The molecule has 0 atom stereocenters.